The van der Waals surface area contributed by atoms with E-state index in [1.54, 1.807) is 18.0 Å². The van der Waals surface area contributed by atoms with Crippen LogP contribution in [-0.2, 0) is 5.75 Å². The quantitative estimate of drug-likeness (QED) is 0.500. The van der Waals surface area contributed by atoms with Gasteiger partial charge in [0.05, 0.1) is 22.4 Å². The molecule has 0 bridgehead atoms. The van der Waals surface area contributed by atoms with Crippen LogP contribution in [0.15, 0.2) is 21.0 Å². The Balaban J connectivity index is 1.47. The van der Waals surface area contributed by atoms with Gasteiger partial charge in [-0.05, 0) is 25.9 Å². The molecule has 7 nitrogen and oxygen atoms in total. The van der Waals surface area contributed by atoms with E-state index in [2.05, 4.69) is 45.6 Å². The highest BCUT2D eigenvalue weighted by molar-refractivity contribution is 8.00. The molecular formula is C16H25N5O2S2Si. The summed E-state index contributed by atoms with van der Waals surface area (Å²) in [4.78, 5) is 20.7. The molecule has 0 aromatic carbocycles. The number of hydrogen-bond acceptors (Lipinski definition) is 7. The Bertz CT molecular complexity index is 737. The molecule has 26 heavy (non-hydrogen) atoms. The molecule has 1 saturated heterocycles. The molecule has 0 unspecified atom stereocenters. The number of nitrogens with one attached hydrogen (secondary N) is 3. The number of urea groups is 1. The number of carbonyl (C=O) groups excluding carboxylic acids is 1. The average Bonchev–Trinajstić information content (AvgIpc) is 3.22. The van der Waals surface area contributed by atoms with Crippen LogP contribution in [0, 0.1) is 0 Å². The molecule has 142 valence electrons. The number of nitrogens with zero attached hydrogens (tertiary/aromatic N) is 2. The Morgan fingerprint density at radius 2 is 2.12 bits per heavy atom. The zero-order chi connectivity index (χ0) is 18.6. The Hall–Kier alpha value is -1.36. The van der Waals surface area contributed by atoms with Crippen molar-refractivity contribution in [1.82, 2.24) is 20.6 Å². The summed E-state index contributed by atoms with van der Waals surface area (Å²) in [5, 5.41) is 10.7. The number of hydrogen-bond donors (Lipinski definition) is 3. The van der Waals surface area contributed by atoms with Crippen LogP contribution in [0.4, 0.5) is 9.93 Å². The van der Waals surface area contributed by atoms with E-state index in [1.807, 2.05) is 6.20 Å². The van der Waals surface area contributed by atoms with Crippen LogP contribution in [0.3, 0.4) is 0 Å². The van der Waals surface area contributed by atoms with Gasteiger partial charge in [-0.15, -0.1) is 11.8 Å². The van der Waals surface area contributed by atoms with Crippen LogP contribution in [0.25, 0.3) is 0 Å². The number of rotatable bonds is 6. The normalized spacial score (nSPS) is 15.8. The van der Waals surface area contributed by atoms with E-state index in [9.17, 15) is 4.79 Å². The summed E-state index contributed by atoms with van der Waals surface area (Å²) in [6.07, 6.45) is 5.55. The first-order valence-electron chi connectivity index (χ1n) is 8.72. The second-order valence-electron chi connectivity index (χ2n) is 7.26. The van der Waals surface area contributed by atoms with Gasteiger partial charge in [0, 0.05) is 6.04 Å². The molecule has 1 aliphatic rings. The summed E-state index contributed by atoms with van der Waals surface area (Å²) in [5.74, 6) is 1.40. The van der Waals surface area contributed by atoms with Gasteiger partial charge in [-0.2, -0.15) is 0 Å². The monoisotopic (exact) mass is 411 g/mol. The minimum atomic E-state index is -1.46. The van der Waals surface area contributed by atoms with E-state index >= 15 is 0 Å². The first-order chi connectivity index (χ1) is 12.4. The molecule has 0 atom stereocenters. The number of thioether (sulfide) groups is 1. The van der Waals surface area contributed by atoms with Gasteiger partial charge in [0.15, 0.2) is 5.13 Å². The van der Waals surface area contributed by atoms with Crippen molar-refractivity contribution in [1.29, 1.82) is 0 Å². The summed E-state index contributed by atoms with van der Waals surface area (Å²) in [6.45, 7) is 8.60. The topological polar surface area (TPSA) is 92.1 Å². The van der Waals surface area contributed by atoms with Crippen molar-refractivity contribution in [3.63, 3.8) is 0 Å². The van der Waals surface area contributed by atoms with Crippen LogP contribution >= 0.6 is 23.1 Å². The summed E-state index contributed by atoms with van der Waals surface area (Å²) < 4.78 is 6.88. The van der Waals surface area contributed by atoms with E-state index in [0.717, 1.165) is 41.4 Å². The van der Waals surface area contributed by atoms with E-state index in [-0.39, 0.29) is 12.1 Å². The van der Waals surface area contributed by atoms with Crippen LogP contribution in [0.5, 0.6) is 0 Å². The van der Waals surface area contributed by atoms with E-state index < -0.39 is 8.07 Å². The number of thiazole rings is 1. The lowest BCUT2D eigenvalue weighted by Crippen LogP contribution is -2.44. The Morgan fingerprint density at radius 3 is 2.81 bits per heavy atom. The zero-order valence-electron chi connectivity index (χ0n) is 15.3. The summed E-state index contributed by atoms with van der Waals surface area (Å²) in [5.41, 5.74) is 0. The maximum atomic E-state index is 12.1. The molecule has 2 amide bonds. The standard InChI is InChI=1S/C16H25N5O2S2Si/c1-26(2,3)13-8-18-12(23-13)10-24-14-9-19-16(25-14)21-15(22)20-11-4-6-17-7-5-11/h8-9,11,17H,4-7,10H2,1-3H3,(H2,19,20,21,22). The molecule has 3 rings (SSSR count). The Kier molecular flexibility index (Phi) is 6.38. The third-order valence-corrected chi connectivity index (χ3v) is 7.81. The van der Waals surface area contributed by atoms with E-state index in [1.165, 1.54) is 11.3 Å². The maximum absolute atomic E-state index is 12.1. The molecule has 0 spiro atoms. The lowest BCUT2D eigenvalue weighted by atomic mass is 10.1. The lowest BCUT2D eigenvalue weighted by molar-refractivity contribution is 0.245. The Morgan fingerprint density at radius 1 is 1.35 bits per heavy atom. The smallest absolute Gasteiger partial charge is 0.321 e. The number of aromatic nitrogens is 2. The number of amides is 2. The molecule has 3 heterocycles. The number of anilines is 1. The van der Waals surface area contributed by atoms with Crippen molar-refractivity contribution < 1.29 is 9.21 Å². The van der Waals surface area contributed by atoms with Gasteiger partial charge in [0.2, 0.25) is 5.89 Å². The third-order valence-electron chi connectivity index (χ3n) is 4.01. The van der Waals surface area contributed by atoms with Gasteiger partial charge in [-0.1, -0.05) is 31.0 Å². The van der Waals surface area contributed by atoms with E-state index in [0.29, 0.717) is 10.9 Å². The fourth-order valence-corrected chi connectivity index (χ4v) is 5.12. The van der Waals surface area contributed by atoms with Gasteiger partial charge in [-0.25, -0.2) is 14.8 Å². The van der Waals surface area contributed by atoms with Crippen LogP contribution < -0.4 is 21.3 Å². The summed E-state index contributed by atoms with van der Waals surface area (Å²) >= 11 is 3.08. The number of oxazole rings is 1. The fraction of sp³-hybridized carbons (Fsp3) is 0.562. The van der Waals surface area contributed by atoms with Gasteiger partial charge < -0.3 is 15.1 Å². The van der Waals surface area contributed by atoms with Crippen LogP contribution in [-0.4, -0.2) is 43.2 Å². The predicted octanol–water partition coefficient (Wildman–Crippen LogP) is 2.84. The van der Waals surface area contributed by atoms with Crippen LogP contribution in [0.1, 0.15) is 18.7 Å². The second-order valence-corrected chi connectivity index (χ2v) is 14.6. The van der Waals surface area contributed by atoms with Crippen molar-refractivity contribution in [2.24, 2.45) is 0 Å². The van der Waals surface area contributed by atoms with E-state index in [4.69, 9.17) is 4.42 Å². The van der Waals surface area contributed by atoms with Crippen molar-refractivity contribution >= 4 is 47.7 Å². The molecule has 0 radical (unpaired) electrons. The predicted molar refractivity (Wildman–Crippen MR) is 109 cm³/mol. The van der Waals surface area contributed by atoms with Gasteiger partial charge in [0.25, 0.3) is 0 Å². The number of carbonyl (C=O) groups is 1. The third kappa shape index (κ3) is 5.57. The molecule has 1 fully saturated rings. The highest BCUT2D eigenvalue weighted by atomic mass is 32.2. The Labute approximate surface area is 162 Å². The molecule has 1 aliphatic heterocycles. The SMILES string of the molecule is C[Si](C)(C)c1cnc(CSc2cnc(NC(=O)NC3CCNCC3)s2)o1. The highest BCUT2D eigenvalue weighted by Gasteiger charge is 2.22. The van der Waals surface area contributed by atoms with Crippen molar-refractivity contribution in [2.45, 2.75) is 48.5 Å². The average molecular weight is 412 g/mol. The maximum Gasteiger partial charge on any atom is 0.321 e. The first kappa shape index (κ1) is 19.4. The first-order valence-corrected chi connectivity index (χ1v) is 14.0. The largest absolute Gasteiger partial charge is 0.450 e. The molecule has 10 heteroatoms. The molecule has 3 N–H and O–H groups in total. The molecular weight excluding hydrogens is 386 g/mol. The molecule has 0 aliphatic carbocycles. The minimum Gasteiger partial charge on any atom is -0.450 e. The van der Waals surface area contributed by atoms with Crippen molar-refractivity contribution in [3.8, 4) is 0 Å². The minimum absolute atomic E-state index is 0.185. The zero-order valence-corrected chi connectivity index (χ0v) is 17.9. The summed E-state index contributed by atoms with van der Waals surface area (Å²) in [7, 11) is -1.46. The van der Waals surface area contributed by atoms with Crippen molar-refractivity contribution in [2.75, 3.05) is 18.4 Å². The highest BCUT2D eigenvalue weighted by Crippen LogP contribution is 2.30. The van der Waals surface area contributed by atoms with Crippen LogP contribution in [0.2, 0.25) is 19.6 Å². The molecule has 0 saturated carbocycles. The summed E-state index contributed by atoms with van der Waals surface area (Å²) in [6, 6.07) is 0.0472. The van der Waals surface area contributed by atoms with Gasteiger partial charge >= 0.3 is 6.03 Å². The molecule has 2 aromatic heterocycles. The van der Waals surface area contributed by atoms with Gasteiger partial charge in [0.1, 0.15) is 13.5 Å². The fourth-order valence-electron chi connectivity index (χ4n) is 2.53. The number of piperidine rings is 1. The van der Waals surface area contributed by atoms with Gasteiger partial charge in [-0.3, -0.25) is 5.32 Å². The lowest BCUT2D eigenvalue weighted by Gasteiger charge is -2.23. The molecule has 2 aromatic rings. The van der Waals surface area contributed by atoms with Crippen molar-refractivity contribution in [3.05, 3.63) is 18.3 Å². The second kappa shape index (κ2) is 8.55.